The van der Waals surface area contributed by atoms with Crippen LogP contribution < -0.4 is 0 Å². The minimum atomic E-state index is 0.299. The maximum absolute atomic E-state index is 6.06. The molecule has 4 atom stereocenters. The molecule has 2 saturated heterocycles. The molecular weight excluding hydrogens is 334 g/mol. The van der Waals surface area contributed by atoms with E-state index in [1.54, 1.807) is 0 Å². The maximum Gasteiger partial charge on any atom is 0.121 e. The van der Waals surface area contributed by atoms with Gasteiger partial charge in [-0.2, -0.15) is 0 Å². The largest absolute Gasteiger partial charge is 0.380 e. The molecule has 27 heavy (non-hydrogen) atoms. The topological polar surface area (TPSA) is 41.1 Å². The normalized spacial score (nSPS) is 28.0. The van der Waals surface area contributed by atoms with E-state index in [2.05, 4.69) is 58.4 Å². The van der Waals surface area contributed by atoms with Crippen LogP contribution in [0, 0.1) is 5.92 Å². The number of nitrogens with zero attached hydrogens (tertiary/aromatic N) is 2. The molecule has 140 valence electrons. The third-order valence-electron chi connectivity index (χ3n) is 6.49. The summed E-state index contributed by atoms with van der Waals surface area (Å²) >= 11 is 0. The minimum Gasteiger partial charge on any atom is -0.380 e. The Hall–Kier alpha value is -2.17. The first-order chi connectivity index (χ1) is 13.3. The lowest BCUT2D eigenvalue weighted by Gasteiger charge is -2.44. The van der Waals surface area contributed by atoms with Crippen molar-refractivity contribution in [2.45, 2.75) is 50.4 Å². The fourth-order valence-corrected chi connectivity index (χ4v) is 5.34. The van der Waals surface area contributed by atoms with Gasteiger partial charge in [0.25, 0.3) is 0 Å². The fourth-order valence-electron chi connectivity index (χ4n) is 5.34. The Labute approximate surface area is 160 Å². The van der Waals surface area contributed by atoms with Crippen LogP contribution in [0.2, 0.25) is 0 Å². The van der Waals surface area contributed by atoms with Crippen LogP contribution in [0.25, 0.3) is 11.0 Å². The van der Waals surface area contributed by atoms with Crippen molar-refractivity contribution in [1.29, 1.82) is 0 Å². The number of aromatic nitrogens is 2. The minimum absolute atomic E-state index is 0.299. The number of benzene rings is 2. The van der Waals surface area contributed by atoms with Crippen molar-refractivity contribution in [3.63, 3.8) is 0 Å². The van der Waals surface area contributed by atoms with E-state index in [-0.39, 0.29) is 0 Å². The second-order valence-electron chi connectivity index (χ2n) is 8.06. The molecule has 4 unspecified atom stereocenters. The van der Waals surface area contributed by atoms with Crippen molar-refractivity contribution in [1.82, 2.24) is 14.9 Å². The summed E-state index contributed by atoms with van der Waals surface area (Å²) in [5.74, 6) is 1.67. The van der Waals surface area contributed by atoms with E-state index < -0.39 is 0 Å². The van der Waals surface area contributed by atoms with Crippen LogP contribution in [0.5, 0.6) is 0 Å². The van der Waals surface area contributed by atoms with Crippen LogP contribution in [-0.2, 0) is 17.7 Å². The quantitative estimate of drug-likeness (QED) is 0.741. The Kier molecular flexibility index (Phi) is 4.46. The highest BCUT2D eigenvalue weighted by atomic mass is 16.5. The molecule has 4 nitrogen and oxygen atoms in total. The zero-order valence-corrected chi connectivity index (χ0v) is 15.8. The molecule has 2 bridgehead atoms. The van der Waals surface area contributed by atoms with Crippen LogP contribution >= 0.6 is 0 Å². The van der Waals surface area contributed by atoms with Crippen LogP contribution in [-0.4, -0.2) is 40.2 Å². The van der Waals surface area contributed by atoms with E-state index in [0.29, 0.717) is 24.1 Å². The number of hydrogen-bond acceptors (Lipinski definition) is 3. The molecule has 2 fully saturated rings. The van der Waals surface area contributed by atoms with Gasteiger partial charge in [-0.1, -0.05) is 42.5 Å². The molecule has 0 amide bonds. The molecule has 0 spiro atoms. The number of para-hydroxylation sites is 2. The number of hydrogen-bond donors (Lipinski definition) is 1. The monoisotopic (exact) mass is 361 g/mol. The summed E-state index contributed by atoms with van der Waals surface area (Å²) in [5, 5.41) is 0. The fraction of sp³-hybridized carbons (Fsp3) is 0.435. The van der Waals surface area contributed by atoms with Crippen molar-refractivity contribution in [2.75, 3.05) is 7.11 Å². The second kappa shape index (κ2) is 7.10. The van der Waals surface area contributed by atoms with E-state index in [9.17, 15) is 0 Å². The number of rotatable bonds is 5. The highest BCUT2D eigenvalue weighted by Gasteiger charge is 2.47. The predicted molar refractivity (Wildman–Crippen MR) is 107 cm³/mol. The van der Waals surface area contributed by atoms with Gasteiger partial charge in [0.15, 0.2) is 0 Å². The van der Waals surface area contributed by atoms with Crippen LogP contribution in [0.1, 0.15) is 30.7 Å². The van der Waals surface area contributed by atoms with Gasteiger partial charge in [-0.05, 0) is 49.3 Å². The third-order valence-corrected chi connectivity index (χ3v) is 6.49. The molecule has 2 aromatic carbocycles. The Morgan fingerprint density at radius 2 is 1.89 bits per heavy atom. The Morgan fingerprint density at radius 1 is 1.07 bits per heavy atom. The zero-order chi connectivity index (χ0) is 18.2. The number of H-pyrrole nitrogens is 1. The standard InChI is InChI=1S/C23H27N3O/c1-27-23-17(13-16-7-3-2-4-8-16)14-18-11-12-21(23)26(18)15-22-24-19-9-5-6-10-20(19)25-22/h2-10,17-18,21,23H,11-15H2,1H3,(H,24,25). The number of imidazole rings is 1. The van der Waals surface area contributed by atoms with Crippen molar-refractivity contribution < 1.29 is 4.74 Å². The highest BCUT2D eigenvalue weighted by Crippen LogP contribution is 2.42. The maximum atomic E-state index is 6.06. The molecule has 0 saturated carbocycles. The van der Waals surface area contributed by atoms with E-state index in [1.165, 1.54) is 24.8 Å². The van der Waals surface area contributed by atoms with E-state index in [0.717, 1.165) is 29.8 Å². The average molecular weight is 361 g/mol. The molecular formula is C23H27N3O. The molecule has 4 heteroatoms. The summed E-state index contributed by atoms with van der Waals surface area (Å²) in [5.41, 5.74) is 3.61. The Balaban J connectivity index is 1.35. The number of nitrogens with one attached hydrogen (secondary N) is 1. The van der Waals surface area contributed by atoms with Crippen LogP contribution in [0.15, 0.2) is 54.6 Å². The molecule has 0 aliphatic carbocycles. The van der Waals surface area contributed by atoms with Crippen molar-refractivity contribution >= 4 is 11.0 Å². The van der Waals surface area contributed by atoms with E-state index in [4.69, 9.17) is 9.72 Å². The Bertz CT molecular complexity index is 873. The lowest BCUT2D eigenvalue weighted by Crippen LogP contribution is -2.52. The van der Waals surface area contributed by atoms with Gasteiger partial charge in [0, 0.05) is 19.2 Å². The first-order valence-corrected chi connectivity index (χ1v) is 10.1. The van der Waals surface area contributed by atoms with Crippen molar-refractivity contribution in [3.8, 4) is 0 Å². The summed E-state index contributed by atoms with van der Waals surface area (Å²) in [6.45, 7) is 0.891. The van der Waals surface area contributed by atoms with E-state index >= 15 is 0 Å². The van der Waals surface area contributed by atoms with Crippen LogP contribution in [0.3, 0.4) is 0 Å². The highest BCUT2D eigenvalue weighted by molar-refractivity contribution is 5.74. The third kappa shape index (κ3) is 3.17. The summed E-state index contributed by atoms with van der Waals surface area (Å²) < 4.78 is 6.06. The summed E-state index contributed by atoms with van der Waals surface area (Å²) in [4.78, 5) is 11.0. The van der Waals surface area contributed by atoms with Gasteiger partial charge in [-0.25, -0.2) is 4.98 Å². The average Bonchev–Trinajstić information content (AvgIpc) is 3.22. The molecule has 2 aliphatic heterocycles. The number of piperidine rings is 1. The van der Waals surface area contributed by atoms with Gasteiger partial charge in [-0.3, -0.25) is 4.90 Å². The van der Waals surface area contributed by atoms with Crippen molar-refractivity contribution in [2.24, 2.45) is 5.92 Å². The molecule has 5 rings (SSSR count). The molecule has 1 N–H and O–H groups in total. The van der Waals surface area contributed by atoms with Gasteiger partial charge in [0.1, 0.15) is 5.82 Å². The summed E-state index contributed by atoms with van der Waals surface area (Å²) in [6.07, 6.45) is 5.13. The first kappa shape index (κ1) is 17.0. The van der Waals surface area contributed by atoms with Gasteiger partial charge >= 0.3 is 0 Å². The van der Waals surface area contributed by atoms with Crippen LogP contribution in [0.4, 0.5) is 0 Å². The molecule has 3 heterocycles. The molecule has 2 aliphatic rings. The summed E-state index contributed by atoms with van der Waals surface area (Å²) in [7, 11) is 1.89. The van der Waals surface area contributed by atoms with E-state index in [1.807, 2.05) is 13.2 Å². The van der Waals surface area contributed by atoms with Gasteiger partial charge in [0.2, 0.25) is 0 Å². The lowest BCUT2D eigenvalue weighted by molar-refractivity contribution is -0.0573. The SMILES string of the molecule is COC1C(Cc2ccccc2)CC2CCC1N2Cc1nc2ccccc2[nH]1. The Morgan fingerprint density at radius 3 is 2.70 bits per heavy atom. The smallest absolute Gasteiger partial charge is 0.121 e. The number of aromatic amines is 1. The number of methoxy groups -OCH3 is 1. The number of ether oxygens (including phenoxy) is 1. The zero-order valence-electron chi connectivity index (χ0n) is 15.8. The number of fused-ring (bicyclic) bond motifs is 3. The molecule has 0 radical (unpaired) electrons. The molecule has 3 aromatic rings. The van der Waals surface area contributed by atoms with Gasteiger partial charge in [-0.15, -0.1) is 0 Å². The summed E-state index contributed by atoms with van der Waals surface area (Å²) in [6, 6.07) is 20.3. The predicted octanol–water partition coefficient (Wildman–Crippen LogP) is 4.17. The van der Waals surface area contributed by atoms with Gasteiger partial charge in [0.05, 0.1) is 23.7 Å². The lowest BCUT2D eigenvalue weighted by atomic mass is 9.83. The first-order valence-electron chi connectivity index (χ1n) is 10.1. The van der Waals surface area contributed by atoms with Gasteiger partial charge < -0.3 is 9.72 Å². The second-order valence-corrected chi connectivity index (χ2v) is 8.06. The van der Waals surface area contributed by atoms with Crippen molar-refractivity contribution in [3.05, 3.63) is 66.0 Å². The molecule has 1 aromatic heterocycles.